The van der Waals surface area contributed by atoms with Gasteiger partial charge in [0.2, 0.25) is 0 Å². The molecule has 1 aromatic heterocycles. The van der Waals surface area contributed by atoms with E-state index in [2.05, 4.69) is 27.0 Å². The van der Waals surface area contributed by atoms with Gasteiger partial charge in [-0.25, -0.2) is 4.79 Å². The number of nitrogens with zero attached hydrogens (tertiary/aromatic N) is 2. The monoisotopic (exact) mass is 351 g/mol. The van der Waals surface area contributed by atoms with Gasteiger partial charge in [0.1, 0.15) is 0 Å². The fourth-order valence-corrected chi connectivity index (χ4v) is 4.10. The summed E-state index contributed by atoms with van der Waals surface area (Å²) in [7, 11) is 0. The Morgan fingerprint density at radius 3 is 3.00 bits per heavy atom. The number of carbonyl (C=O) groups is 1. The largest absolute Gasteiger partial charge is 0.396 e. The van der Waals surface area contributed by atoms with Crippen molar-refractivity contribution in [1.82, 2.24) is 15.1 Å². The van der Waals surface area contributed by atoms with E-state index < -0.39 is 0 Å². The molecule has 3 rings (SSSR count). The molecule has 0 bridgehead atoms. The van der Waals surface area contributed by atoms with Crippen molar-refractivity contribution >= 4 is 17.4 Å². The molecule has 1 atom stereocenters. The van der Waals surface area contributed by atoms with Crippen LogP contribution in [0.25, 0.3) is 0 Å². The van der Waals surface area contributed by atoms with E-state index in [-0.39, 0.29) is 6.03 Å². The van der Waals surface area contributed by atoms with E-state index in [1.54, 1.807) is 11.3 Å². The normalized spacial score (nSPS) is 21.6. The quantitative estimate of drug-likeness (QED) is 0.708. The Hall–Kier alpha value is -1.11. The summed E-state index contributed by atoms with van der Waals surface area (Å²) >= 11 is 1.68. The van der Waals surface area contributed by atoms with Gasteiger partial charge in [0, 0.05) is 32.3 Å². The SMILES string of the molecule is O=C(NCCCN1CCC[C@@H](CO)C1)N(Cc1ccsc1)C1CC1. The van der Waals surface area contributed by atoms with Crippen LogP contribution in [-0.4, -0.2) is 59.8 Å². The van der Waals surface area contributed by atoms with Crippen molar-refractivity contribution in [1.29, 1.82) is 0 Å². The minimum absolute atomic E-state index is 0.0792. The highest BCUT2D eigenvalue weighted by Crippen LogP contribution is 2.28. The lowest BCUT2D eigenvalue weighted by Crippen LogP contribution is -2.42. The first-order valence-electron chi connectivity index (χ1n) is 9.15. The van der Waals surface area contributed by atoms with E-state index >= 15 is 0 Å². The lowest BCUT2D eigenvalue weighted by atomic mass is 9.99. The maximum absolute atomic E-state index is 12.5. The number of aliphatic hydroxyl groups excluding tert-OH is 1. The minimum atomic E-state index is 0.0792. The molecule has 0 aromatic carbocycles. The van der Waals surface area contributed by atoms with Crippen molar-refractivity contribution in [2.75, 3.05) is 32.8 Å². The van der Waals surface area contributed by atoms with Gasteiger partial charge in [-0.2, -0.15) is 11.3 Å². The number of hydrogen-bond acceptors (Lipinski definition) is 4. The molecule has 2 amide bonds. The number of carbonyl (C=O) groups excluding carboxylic acids is 1. The number of likely N-dealkylation sites (tertiary alicyclic amines) is 1. The number of urea groups is 1. The molecule has 2 fully saturated rings. The molecule has 6 heteroatoms. The Balaban J connectivity index is 1.36. The molecular weight excluding hydrogens is 322 g/mol. The van der Waals surface area contributed by atoms with Gasteiger partial charge < -0.3 is 20.2 Å². The summed E-state index contributed by atoms with van der Waals surface area (Å²) in [5.74, 6) is 0.435. The molecule has 134 valence electrons. The third-order valence-corrected chi connectivity index (χ3v) is 5.70. The average molecular weight is 352 g/mol. The van der Waals surface area contributed by atoms with Crippen molar-refractivity contribution in [2.24, 2.45) is 5.92 Å². The lowest BCUT2D eigenvalue weighted by molar-refractivity contribution is 0.119. The molecule has 0 spiro atoms. The molecular formula is C18H29N3O2S. The topological polar surface area (TPSA) is 55.8 Å². The number of thiophene rings is 1. The highest BCUT2D eigenvalue weighted by Gasteiger charge is 2.32. The van der Waals surface area contributed by atoms with Crippen molar-refractivity contribution in [3.63, 3.8) is 0 Å². The second-order valence-electron chi connectivity index (χ2n) is 7.07. The van der Waals surface area contributed by atoms with Crippen LogP contribution in [0.15, 0.2) is 16.8 Å². The molecule has 1 aromatic rings. The number of aliphatic hydroxyl groups is 1. The second kappa shape index (κ2) is 8.83. The molecule has 5 nitrogen and oxygen atoms in total. The second-order valence-corrected chi connectivity index (χ2v) is 7.85. The van der Waals surface area contributed by atoms with Gasteiger partial charge in [-0.05, 0) is 73.5 Å². The lowest BCUT2D eigenvalue weighted by Gasteiger charge is -2.31. The number of rotatable bonds is 8. The van der Waals surface area contributed by atoms with Gasteiger partial charge in [0.15, 0.2) is 0 Å². The summed E-state index contributed by atoms with van der Waals surface area (Å²) in [4.78, 5) is 16.9. The molecule has 2 N–H and O–H groups in total. The van der Waals surface area contributed by atoms with Gasteiger partial charge in [-0.15, -0.1) is 0 Å². The highest BCUT2D eigenvalue weighted by molar-refractivity contribution is 7.07. The Morgan fingerprint density at radius 2 is 2.29 bits per heavy atom. The van der Waals surface area contributed by atoms with Crippen molar-refractivity contribution in [3.05, 3.63) is 22.4 Å². The van der Waals surface area contributed by atoms with Crippen LogP contribution in [0.3, 0.4) is 0 Å². The zero-order valence-corrected chi connectivity index (χ0v) is 15.1. The van der Waals surface area contributed by atoms with Gasteiger partial charge in [-0.3, -0.25) is 0 Å². The van der Waals surface area contributed by atoms with Crippen LogP contribution >= 0.6 is 11.3 Å². The Kier molecular flexibility index (Phi) is 6.51. The Morgan fingerprint density at radius 1 is 1.42 bits per heavy atom. The third-order valence-electron chi connectivity index (χ3n) is 4.97. The van der Waals surface area contributed by atoms with E-state index in [1.807, 2.05) is 4.90 Å². The van der Waals surface area contributed by atoms with Gasteiger partial charge >= 0.3 is 6.03 Å². The smallest absolute Gasteiger partial charge is 0.317 e. The first-order valence-corrected chi connectivity index (χ1v) is 10.1. The van der Waals surface area contributed by atoms with Gasteiger partial charge in [0.05, 0.1) is 0 Å². The van der Waals surface area contributed by atoms with Crippen LogP contribution < -0.4 is 5.32 Å². The molecule has 2 aliphatic rings. The predicted molar refractivity (Wildman–Crippen MR) is 97.1 cm³/mol. The zero-order chi connectivity index (χ0) is 16.8. The summed E-state index contributed by atoms with van der Waals surface area (Å²) < 4.78 is 0. The van der Waals surface area contributed by atoms with Crippen molar-refractivity contribution in [3.8, 4) is 0 Å². The predicted octanol–water partition coefficient (Wildman–Crippen LogP) is 2.52. The molecule has 1 aliphatic heterocycles. The van der Waals surface area contributed by atoms with E-state index in [0.717, 1.165) is 58.4 Å². The first kappa shape index (κ1) is 17.7. The van der Waals surface area contributed by atoms with Gasteiger partial charge in [0.25, 0.3) is 0 Å². The average Bonchev–Trinajstić information content (AvgIpc) is 3.32. The molecule has 1 saturated heterocycles. The minimum Gasteiger partial charge on any atom is -0.396 e. The van der Waals surface area contributed by atoms with E-state index in [4.69, 9.17) is 0 Å². The highest BCUT2D eigenvalue weighted by atomic mass is 32.1. The van der Waals surface area contributed by atoms with Crippen LogP contribution in [0.5, 0.6) is 0 Å². The summed E-state index contributed by atoms with van der Waals surface area (Å²) in [6.07, 6.45) is 5.55. The Labute approximate surface area is 148 Å². The van der Waals surface area contributed by atoms with Crippen LogP contribution in [0.2, 0.25) is 0 Å². The fraction of sp³-hybridized carbons (Fsp3) is 0.722. The van der Waals surface area contributed by atoms with Crippen molar-refractivity contribution in [2.45, 2.75) is 44.7 Å². The van der Waals surface area contributed by atoms with Crippen molar-refractivity contribution < 1.29 is 9.90 Å². The number of amides is 2. The molecule has 1 aliphatic carbocycles. The third kappa shape index (κ3) is 5.19. The summed E-state index contributed by atoms with van der Waals surface area (Å²) in [5, 5.41) is 16.6. The van der Waals surface area contributed by atoms with Gasteiger partial charge in [-0.1, -0.05) is 0 Å². The molecule has 1 saturated carbocycles. The van der Waals surface area contributed by atoms with Crippen LogP contribution in [-0.2, 0) is 6.54 Å². The fourth-order valence-electron chi connectivity index (χ4n) is 3.44. The molecule has 24 heavy (non-hydrogen) atoms. The summed E-state index contributed by atoms with van der Waals surface area (Å²) in [6, 6.07) is 2.61. The van der Waals surface area contributed by atoms with Crippen LogP contribution in [0, 0.1) is 5.92 Å². The summed E-state index contributed by atoms with van der Waals surface area (Å²) in [5.41, 5.74) is 1.23. The first-order chi connectivity index (χ1) is 11.8. The van der Waals surface area contributed by atoms with E-state index in [1.165, 1.54) is 12.0 Å². The number of hydrogen-bond donors (Lipinski definition) is 2. The Bertz CT molecular complexity index is 504. The van der Waals surface area contributed by atoms with E-state index in [0.29, 0.717) is 18.6 Å². The molecule has 0 radical (unpaired) electrons. The van der Waals surface area contributed by atoms with Crippen LogP contribution in [0.4, 0.5) is 4.79 Å². The summed E-state index contributed by atoms with van der Waals surface area (Å²) in [6.45, 7) is 4.88. The maximum atomic E-state index is 12.5. The number of piperidine rings is 1. The standard InChI is InChI=1S/C18H29N3O2S/c22-13-15-3-1-8-20(11-15)9-2-7-19-18(23)21(17-4-5-17)12-16-6-10-24-14-16/h6,10,14-15,17,22H,1-5,7-9,11-13H2,(H,19,23)/t15-/m1/s1. The van der Waals surface area contributed by atoms with Crippen LogP contribution in [0.1, 0.15) is 37.7 Å². The van der Waals surface area contributed by atoms with E-state index in [9.17, 15) is 9.90 Å². The number of nitrogens with one attached hydrogen (secondary N) is 1. The molecule has 0 unspecified atom stereocenters. The zero-order valence-electron chi connectivity index (χ0n) is 14.3. The maximum Gasteiger partial charge on any atom is 0.317 e. The molecule has 2 heterocycles.